The summed E-state index contributed by atoms with van der Waals surface area (Å²) in [5, 5.41) is 20.7. The molecule has 23 heavy (non-hydrogen) atoms. The van der Waals surface area contributed by atoms with Crippen LogP contribution in [0, 0.1) is 11.3 Å². The predicted molar refractivity (Wildman–Crippen MR) is 85.7 cm³/mol. The van der Waals surface area contributed by atoms with Crippen LogP contribution >= 0.6 is 0 Å². The van der Waals surface area contributed by atoms with Gasteiger partial charge < -0.3 is 15.3 Å². The van der Waals surface area contributed by atoms with E-state index in [1.165, 1.54) is 24.3 Å². The molecule has 2 N–H and O–H groups in total. The van der Waals surface area contributed by atoms with Crippen LogP contribution in [0.25, 0.3) is 0 Å². The van der Waals surface area contributed by atoms with Crippen LogP contribution in [0.3, 0.4) is 0 Å². The number of carboxylic acid groups (broad SMARTS) is 1. The molecule has 1 unspecified atom stereocenters. The van der Waals surface area contributed by atoms with Crippen molar-refractivity contribution in [3.05, 3.63) is 41.6 Å². The number of anilines is 1. The minimum atomic E-state index is -1.03. The molecule has 6 nitrogen and oxygen atoms in total. The summed E-state index contributed by atoms with van der Waals surface area (Å²) in [7, 11) is 0. The summed E-state index contributed by atoms with van der Waals surface area (Å²) in [6, 6.07) is 8.05. The fraction of sp³-hybridized carbons (Fsp3) is 0.353. The fourth-order valence-electron chi connectivity index (χ4n) is 2.51. The van der Waals surface area contributed by atoms with Gasteiger partial charge in [0.25, 0.3) is 5.91 Å². The van der Waals surface area contributed by atoms with Gasteiger partial charge in [-0.15, -0.1) is 0 Å². The molecule has 6 heteroatoms. The Morgan fingerprint density at radius 3 is 2.61 bits per heavy atom. The van der Waals surface area contributed by atoms with Crippen molar-refractivity contribution in [2.45, 2.75) is 32.2 Å². The van der Waals surface area contributed by atoms with E-state index in [4.69, 9.17) is 5.11 Å². The minimum absolute atomic E-state index is 0.0426. The average Bonchev–Trinajstić information content (AvgIpc) is 2.54. The molecule has 0 radical (unpaired) electrons. The van der Waals surface area contributed by atoms with Gasteiger partial charge in [-0.3, -0.25) is 4.79 Å². The quantitative estimate of drug-likeness (QED) is 0.658. The number of carboxylic acids is 1. The van der Waals surface area contributed by atoms with E-state index in [0.29, 0.717) is 11.7 Å². The van der Waals surface area contributed by atoms with Gasteiger partial charge in [-0.05, 0) is 50.5 Å². The van der Waals surface area contributed by atoms with Crippen LogP contribution in [0.1, 0.15) is 36.5 Å². The lowest BCUT2D eigenvalue weighted by molar-refractivity contribution is -0.112. The second-order valence-corrected chi connectivity index (χ2v) is 5.57. The van der Waals surface area contributed by atoms with Crippen LogP contribution in [-0.2, 0) is 4.79 Å². The van der Waals surface area contributed by atoms with E-state index in [-0.39, 0.29) is 11.1 Å². The largest absolute Gasteiger partial charge is 0.478 e. The minimum Gasteiger partial charge on any atom is -0.478 e. The maximum atomic E-state index is 12.2. The highest BCUT2D eigenvalue weighted by Gasteiger charge is 2.18. The lowest BCUT2D eigenvalue weighted by atomic mass is 10.0. The summed E-state index contributed by atoms with van der Waals surface area (Å²) in [4.78, 5) is 25.0. The highest BCUT2D eigenvalue weighted by molar-refractivity contribution is 6.06. The van der Waals surface area contributed by atoms with Gasteiger partial charge in [0, 0.05) is 24.5 Å². The van der Waals surface area contributed by atoms with Crippen molar-refractivity contribution in [1.29, 1.82) is 5.26 Å². The molecule has 1 aliphatic heterocycles. The Balaban J connectivity index is 2.08. The molecule has 1 atom stereocenters. The number of likely N-dealkylation sites (tertiary alicyclic amines) is 1. The number of piperidine rings is 1. The maximum absolute atomic E-state index is 12.2. The third-order valence-corrected chi connectivity index (χ3v) is 3.90. The molecule has 0 aromatic heterocycles. The van der Waals surface area contributed by atoms with E-state index in [1.807, 2.05) is 11.0 Å². The van der Waals surface area contributed by atoms with Gasteiger partial charge in [-0.25, -0.2) is 4.79 Å². The van der Waals surface area contributed by atoms with Gasteiger partial charge in [-0.1, -0.05) is 0 Å². The summed E-state index contributed by atoms with van der Waals surface area (Å²) in [5.41, 5.74) is 0.634. The first-order valence-electron chi connectivity index (χ1n) is 7.53. The van der Waals surface area contributed by atoms with Gasteiger partial charge in [0.2, 0.25) is 0 Å². The molecule has 2 rings (SSSR count). The fourth-order valence-corrected chi connectivity index (χ4v) is 2.51. The molecule has 1 fully saturated rings. The topological polar surface area (TPSA) is 93.4 Å². The van der Waals surface area contributed by atoms with Crippen LogP contribution in [-0.4, -0.2) is 34.5 Å². The van der Waals surface area contributed by atoms with Gasteiger partial charge in [-0.2, -0.15) is 5.26 Å². The zero-order valence-corrected chi connectivity index (χ0v) is 13.0. The van der Waals surface area contributed by atoms with E-state index in [2.05, 4.69) is 12.2 Å². The second-order valence-electron chi connectivity index (χ2n) is 5.57. The standard InChI is InChI=1S/C17H19N3O3/c1-12-4-2-3-9-20(12)11-14(10-18)16(21)19-15-7-5-13(6-8-15)17(22)23/h5-8,11-12H,2-4,9H2,1H3,(H,19,21)(H,22,23)/b14-11-. The second kappa shape index (κ2) is 7.45. The number of amides is 1. The van der Waals surface area contributed by atoms with Crippen LogP contribution in [0.4, 0.5) is 5.69 Å². The van der Waals surface area contributed by atoms with Crippen LogP contribution in [0.5, 0.6) is 0 Å². The number of hydrogen-bond acceptors (Lipinski definition) is 4. The summed E-state index contributed by atoms with van der Waals surface area (Å²) >= 11 is 0. The van der Waals surface area contributed by atoms with E-state index in [0.717, 1.165) is 25.8 Å². The van der Waals surface area contributed by atoms with Crippen molar-refractivity contribution in [3.63, 3.8) is 0 Å². The number of aromatic carboxylic acids is 1. The van der Waals surface area contributed by atoms with E-state index < -0.39 is 11.9 Å². The number of rotatable bonds is 4. The molecule has 1 aliphatic rings. The van der Waals surface area contributed by atoms with Crippen molar-refractivity contribution in [1.82, 2.24) is 4.90 Å². The smallest absolute Gasteiger partial charge is 0.335 e. The van der Waals surface area contributed by atoms with Crippen LogP contribution in [0.15, 0.2) is 36.0 Å². The highest BCUT2D eigenvalue weighted by atomic mass is 16.4. The number of carbonyl (C=O) groups excluding carboxylic acids is 1. The first kappa shape index (κ1) is 16.6. The Morgan fingerprint density at radius 2 is 2.04 bits per heavy atom. The number of hydrogen-bond donors (Lipinski definition) is 2. The Bertz CT molecular complexity index is 659. The SMILES string of the molecule is CC1CCCCN1/C=C(/C#N)C(=O)Nc1ccc(C(=O)O)cc1. The van der Waals surface area contributed by atoms with Gasteiger partial charge in [0.1, 0.15) is 11.6 Å². The summed E-state index contributed by atoms with van der Waals surface area (Å²) in [6.07, 6.45) is 4.88. The van der Waals surface area contributed by atoms with Crippen LogP contribution < -0.4 is 5.32 Å². The first-order valence-corrected chi connectivity index (χ1v) is 7.53. The molecular formula is C17H19N3O3. The van der Waals surface area contributed by atoms with Crippen molar-refractivity contribution >= 4 is 17.6 Å². The summed E-state index contributed by atoms with van der Waals surface area (Å²) < 4.78 is 0. The molecule has 1 aromatic rings. The molecule has 1 saturated heterocycles. The third kappa shape index (κ3) is 4.33. The number of nitrogens with one attached hydrogen (secondary N) is 1. The van der Waals surface area contributed by atoms with Crippen molar-refractivity contribution in [2.24, 2.45) is 0 Å². The Labute approximate surface area is 135 Å². The van der Waals surface area contributed by atoms with Crippen molar-refractivity contribution in [3.8, 4) is 6.07 Å². The monoisotopic (exact) mass is 313 g/mol. The van der Waals surface area contributed by atoms with Gasteiger partial charge in [0.15, 0.2) is 0 Å². The van der Waals surface area contributed by atoms with E-state index in [9.17, 15) is 14.9 Å². The normalized spacial score (nSPS) is 18.2. The highest BCUT2D eigenvalue weighted by Crippen LogP contribution is 2.18. The first-order chi connectivity index (χ1) is 11.0. The molecule has 0 aliphatic carbocycles. The zero-order valence-electron chi connectivity index (χ0n) is 13.0. The van der Waals surface area contributed by atoms with Gasteiger partial charge >= 0.3 is 5.97 Å². The average molecular weight is 313 g/mol. The molecule has 0 spiro atoms. The van der Waals surface area contributed by atoms with Crippen molar-refractivity contribution < 1.29 is 14.7 Å². The van der Waals surface area contributed by atoms with Gasteiger partial charge in [0.05, 0.1) is 5.56 Å². The maximum Gasteiger partial charge on any atom is 0.335 e. The Hall–Kier alpha value is -2.81. The van der Waals surface area contributed by atoms with Crippen LogP contribution in [0.2, 0.25) is 0 Å². The summed E-state index contributed by atoms with van der Waals surface area (Å²) in [5.74, 6) is -1.52. The zero-order chi connectivity index (χ0) is 16.8. The molecule has 1 amide bonds. The molecular weight excluding hydrogens is 294 g/mol. The Morgan fingerprint density at radius 1 is 1.35 bits per heavy atom. The number of carbonyl (C=O) groups is 2. The van der Waals surface area contributed by atoms with Crippen molar-refractivity contribution in [2.75, 3.05) is 11.9 Å². The molecule has 1 heterocycles. The molecule has 0 saturated carbocycles. The Kier molecular flexibility index (Phi) is 5.36. The molecule has 1 aromatic carbocycles. The molecule has 0 bridgehead atoms. The number of benzene rings is 1. The number of nitriles is 1. The lowest BCUT2D eigenvalue weighted by Crippen LogP contribution is -2.34. The summed E-state index contributed by atoms with van der Waals surface area (Å²) in [6.45, 7) is 2.92. The third-order valence-electron chi connectivity index (χ3n) is 3.90. The lowest BCUT2D eigenvalue weighted by Gasteiger charge is -2.32. The molecule has 120 valence electrons. The predicted octanol–water partition coefficient (Wildman–Crippen LogP) is 2.61. The number of nitrogens with zero attached hydrogens (tertiary/aromatic N) is 2. The van der Waals surface area contributed by atoms with E-state index >= 15 is 0 Å². The van der Waals surface area contributed by atoms with E-state index in [1.54, 1.807) is 6.20 Å².